The van der Waals surface area contributed by atoms with E-state index in [0.717, 1.165) is 23.5 Å². The fraction of sp³-hybridized carbons (Fsp3) is 0.417. The van der Waals surface area contributed by atoms with Gasteiger partial charge in [0.1, 0.15) is 35.1 Å². The number of rotatable bonds is 7. The highest BCUT2D eigenvalue weighted by Crippen LogP contribution is 2.33. The molecular formula is C24H28FN5O3S. The third kappa shape index (κ3) is 5.75. The number of carbonyl (C=O) groups excluding carboxylic acids is 1. The number of aryl methyl sites for hydroxylation is 2. The Bertz CT molecular complexity index is 1150. The molecule has 3 aromatic rings. The second kappa shape index (κ2) is 10.5. The summed E-state index contributed by atoms with van der Waals surface area (Å²) in [6.07, 6.45) is 4.87. The predicted molar refractivity (Wildman–Crippen MR) is 128 cm³/mol. The predicted octanol–water partition coefficient (Wildman–Crippen LogP) is 3.56. The minimum atomic E-state index is -0.639. The molecule has 1 aliphatic heterocycles. The van der Waals surface area contributed by atoms with Crippen molar-refractivity contribution in [2.45, 2.75) is 32.9 Å². The SMILES string of the molecule is Cc1ncc(C(C)NC(=O)c2cc(OC[C@H]3CN(C)CCO3)cc(-c3ncc(C)s3)c2F)cn1. The number of nitrogens with one attached hydrogen (secondary N) is 1. The molecule has 0 radical (unpaired) electrons. The van der Waals surface area contributed by atoms with Crippen molar-refractivity contribution >= 4 is 17.2 Å². The van der Waals surface area contributed by atoms with E-state index in [-0.39, 0.29) is 17.2 Å². The molecule has 3 heterocycles. The molecule has 0 spiro atoms. The van der Waals surface area contributed by atoms with Gasteiger partial charge in [0.05, 0.1) is 23.8 Å². The van der Waals surface area contributed by atoms with E-state index in [9.17, 15) is 4.79 Å². The summed E-state index contributed by atoms with van der Waals surface area (Å²) in [6, 6.07) is 2.61. The van der Waals surface area contributed by atoms with E-state index in [1.54, 1.807) is 38.5 Å². The summed E-state index contributed by atoms with van der Waals surface area (Å²) in [6.45, 7) is 8.02. The lowest BCUT2D eigenvalue weighted by Gasteiger charge is -2.29. The molecule has 0 saturated carbocycles. The smallest absolute Gasteiger partial charge is 0.254 e. The van der Waals surface area contributed by atoms with Crippen molar-refractivity contribution in [3.63, 3.8) is 0 Å². The summed E-state index contributed by atoms with van der Waals surface area (Å²) < 4.78 is 27.3. The van der Waals surface area contributed by atoms with Gasteiger partial charge in [-0.15, -0.1) is 11.3 Å². The molecule has 1 saturated heterocycles. The number of hydrogen-bond acceptors (Lipinski definition) is 8. The molecule has 1 aliphatic rings. The first kappa shape index (κ1) is 24.2. The number of halogens is 1. The zero-order chi connectivity index (χ0) is 24.2. The van der Waals surface area contributed by atoms with Gasteiger partial charge in [0, 0.05) is 42.1 Å². The van der Waals surface area contributed by atoms with Crippen LogP contribution in [0, 0.1) is 19.7 Å². The number of aromatic nitrogens is 3. The lowest BCUT2D eigenvalue weighted by molar-refractivity contribution is -0.0403. The minimum absolute atomic E-state index is 0.104. The lowest BCUT2D eigenvalue weighted by atomic mass is 10.1. The summed E-state index contributed by atoms with van der Waals surface area (Å²) in [5.41, 5.74) is 0.844. The van der Waals surface area contributed by atoms with Crippen LogP contribution >= 0.6 is 11.3 Å². The van der Waals surface area contributed by atoms with E-state index < -0.39 is 17.8 Å². The first-order valence-electron chi connectivity index (χ1n) is 11.1. The van der Waals surface area contributed by atoms with Crippen molar-refractivity contribution in [2.24, 2.45) is 0 Å². The summed E-state index contributed by atoms with van der Waals surface area (Å²) in [5, 5.41) is 3.32. The maximum atomic E-state index is 15.5. The molecule has 10 heteroatoms. The molecule has 1 fully saturated rings. The lowest BCUT2D eigenvalue weighted by Crippen LogP contribution is -2.42. The molecule has 8 nitrogen and oxygen atoms in total. The van der Waals surface area contributed by atoms with Gasteiger partial charge in [-0.25, -0.2) is 19.3 Å². The molecule has 0 bridgehead atoms. The number of benzene rings is 1. The summed E-state index contributed by atoms with van der Waals surface area (Å²) in [4.78, 5) is 28.9. The van der Waals surface area contributed by atoms with Crippen molar-refractivity contribution < 1.29 is 18.7 Å². The number of thiazole rings is 1. The van der Waals surface area contributed by atoms with E-state index in [4.69, 9.17) is 9.47 Å². The number of nitrogens with zero attached hydrogens (tertiary/aromatic N) is 4. The van der Waals surface area contributed by atoms with Crippen molar-refractivity contribution in [3.8, 4) is 16.3 Å². The highest BCUT2D eigenvalue weighted by molar-refractivity contribution is 7.14. The van der Waals surface area contributed by atoms with Crippen LogP contribution in [0.1, 0.15) is 39.6 Å². The van der Waals surface area contributed by atoms with E-state index >= 15 is 4.39 Å². The van der Waals surface area contributed by atoms with Gasteiger partial charge in [-0.1, -0.05) is 0 Å². The molecule has 2 aromatic heterocycles. The van der Waals surface area contributed by atoms with Crippen LogP contribution in [0.25, 0.3) is 10.6 Å². The molecule has 1 amide bonds. The molecule has 4 rings (SSSR count). The molecule has 1 aromatic carbocycles. The summed E-state index contributed by atoms with van der Waals surface area (Å²) in [7, 11) is 2.03. The number of carbonyl (C=O) groups is 1. The third-order valence-electron chi connectivity index (χ3n) is 5.57. The fourth-order valence-electron chi connectivity index (χ4n) is 3.62. The number of morpholine rings is 1. The maximum Gasteiger partial charge on any atom is 0.254 e. The van der Waals surface area contributed by atoms with E-state index in [1.807, 2.05) is 14.0 Å². The highest BCUT2D eigenvalue weighted by atomic mass is 32.1. The van der Waals surface area contributed by atoms with Gasteiger partial charge in [-0.2, -0.15) is 0 Å². The number of ether oxygens (including phenoxy) is 2. The van der Waals surface area contributed by atoms with Gasteiger partial charge in [0.2, 0.25) is 0 Å². The third-order valence-corrected chi connectivity index (χ3v) is 6.51. The molecule has 1 N–H and O–H groups in total. The van der Waals surface area contributed by atoms with Crippen molar-refractivity contribution in [2.75, 3.05) is 33.4 Å². The number of amides is 1. The van der Waals surface area contributed by atoms with Crippen molar-refractivity contribution in [3.05, 3.63) is 58.4 Å². The first-order valence-corrected chi connectivity index (χ1v) is 11.9. The zero-order valence-corrected chi connectivity index (χ0v) is 20.5. The first-order chi connectivity index (χ1) is 16.3. The van der Waals surface area contributed by atoms with Crippen molar-refractivity contribution in [1.82, 2.24) is 25.2 Å². The fourth-order valence-corrected chi connectivity index (χ4v) is 4.40. The Balaban J connectivity index is 1.59. The van der Waals surface area contributed by atoms with Gasteiger partial charge < -0.3 is 19.7 Å². The van der Waals surface area contributed by atoms with Crippen LogP contribution in [0.3, 0.4) is 0 Å². The topological polar surface area (TPSA) is 89.5 Å². The zero-order valence-electron chi connectivity index (χ0n) is 19.7. The highest BCUT2D eigenvalue weighted by Gasteiger charge is 2.23. The quantitative estimate of drug-likeness (QED) is 0.547. The Morgan fingerprint density at radius 3 is 2.74 bits per heavy atom. The maximum absolute atomic E-state index is 15.5. The average Bonchev–Trinajstić information content (AvgIpc) is 3.24. The van der Waals surface area contributed by atoms with Gasteiger partial charge in [-0.05, 0) is 40.0 Å². The van der Waals surface area contributed by atoms with Crippen molar-refractivity contribution in [1.29, 1.82) is 0 Å². The van der Waals surface area contributed by atoms with Gasteiger partial charge in [0.25, 0.3) is 5.91 Å². The molecule has 0 aliphatic carbocycles. The average molecular weight is 486 g/mol. The summed E-state index contributed by atoms with van der Waals surface area (Å²) in [5.74, 6) is -0.174. The van der Waals surface area contributed by atoms with E-state index in [1.165, 1.54) is 17.4 Å². The number of hydrogen-bond donors (Lipinski definition) is 1. The largest absolute Gasteiger partial charge is 0.491 e. The van der Waals surface area contributed by atoms with Crippen LogP contribution in [0.5, 0.6) is 5.75 Å². The van der Waals surface area contributed by atoms with Gasteiger partial charge in [0.15, 0.2) is 0 Å². The van der Waals surface area contributed by atoms with E-state index in [0.29, 0.717) is 29.8 Å². The van der Waals surface area contributed by atoms with E-state index in [2.05, 4.69) is 25.2 Å². The second-order valence-corrected chi connectivity index (χ2v) is 9.67. The van der Waals surface area contributed by atoms with Gasteiger partial charge in [-0.3, -0.25) is 4.79 Å². The number of likely N-dealkylation sites (N-methyl/N-ethyl adjacent to an activating group) is 1. The molecular weight excluding hydrogens is 457 g/mol. The molecule has 1 unspecified atom stereocenters. The van der Waals surface area contributed by atoms with Crippen LogP contribution in [-0.4, -0.2) is 65.2 Å². The normalized spacial score (nSPS) is 17.4. The molecule has 34 heavy (non-hydrogen) atoms. The Kier molecular flexibility index (Phi) is 7.50. The second-order valence-electron chi connectivity index (χ2n) is 8.43. The van der Waals surface area contributed by atoms with Crippen LogP contribution in [-0.2, 0) is 4.74 Å². The van der Waals surface area contributed by atoms with Crippen LogP contribution in [0.15, 0.2) is 30.7 Å². The Morgan fingerprint density at radius 1 is 1.29 bits per heavy atom. The Labute approximate surface area is 202 Å². The van der Waals surface area contributed by atoms with Crippen LogP contribution in [0.2, 0.25) is 0 Å². The van der Waals surface area contributed by atoms with Crippen LogP contribution < -0.4 is 10.1 Å². The summed E-state index contributed by atoms with van der Waals surface area (Å²) >= 11 is 1.36. The standard InChI is InChI=1S/C24H28FN5O3S/c1-14-9-28-24(34-14)21-8-18(33-13-19-12-30(4)5-6-32-19)7-20(22(21)25)23(31)29-15(2)17-10-26-16(3)27-11-17/h7-11,15,19H,5-6,12-13H2,1-4H3,(H,29,31)/t15?,19-/m1/s1. The Hall–Kier alpha value is -2.95. The van der Waals surface area contributed by atoms with Crippen LogP contribution in [0.4, 0.5) is 4.39 Å². The van der Waals surface area contributed by atoms with Gasteiger partial charge >= 0.3 is 0 Å². The molecule has 2 atom stereocenters. The Morgan fingerprint density at radius 2 is 2.06 bits per heavy atom. The minimum Gasteiger partial charge on any atom is -0.491 e. The molecule has 180 valence electrons. The monoisotopic (exact) mass is 485 g/mol.